The summed E-state index contributed by atoms with van der Waals surface area (Å²) in [4.78, 5) is 19.0. The van der Waals surface area contributed by atoms with Gasteiger partial charge in [0.25, 0.3) is 0 Å². The topological polar surface area (TPSA) is 66.0 Å². The average molecular weight is 277 g/mol. The number of rotatable bonds is 2. The first kappa shape index (κ1) is 12.2. The van der Waals surface area contributed by atoms with Crippen molar-refractivity contribution in [3.63, 3.8) is 0 Å². The Morgan fingerprint density at radius 1 is 1.37 bits per heavy atom. The lowest BCUT2D eigenvalue weighted by molar-refractivity contribution is -0.142. The van der Waals surface area contributed by atoms with E-state index in [1.807, 2.05) is 24.3 Å². The van der Waals surface area contributed by atoms with Crippen LogP contribution in [-0.2, 0) is 4.79 Å². The van der Waals surface area contributed by atoms with Gasteiger partial charge in [-0.2, -0.15) is 0 Å². The van der Waals surface area contributed by atoms with Crippen LogP contribution in [0.4, 0.5) is 0 Å². The first-order valence-electron chi connectivity index (χ1n) is 6.18. The van der Waals surface area contributed by atoms with Crippen LogP contribution in [0.15, 0.2) is 30.4 Å². The number of aromatic nitrogens is 2. The predicted octanol–water partition coefficient (Wildman–Crippen LogP) is 3.35. The largest absolute Gasteiger partial charge is 0.481 e. The number of carboxylic acid groups (broad SMARTS) is 1. The molecule has 5 heteroatoms. The number of aliphatic carboxylic acids is 1. The summed E-state index contributed by atoms with van der Waals surface area (Å²) in [6.45, 7) is 0. The summed E-state index contributed by atoms with van der Waals surface area (Å²) in [6, 6.07) is 5.53. The minimum absolute atomic E-state index is 0.119. The van der Waals surface area contributed by atoms with Crippen molar-refractivity contribution in [1.29, 1.82) is 0 Å². The number of halogens is 1. The molecule has 1 heterocycles. The van der Waals surface area contributed by atoms with Gasteiger partial charge in [0.15, 0.2) is 0 Å². The van der Waals surface area contributed by atoms with E-state index in [1.165, 1.54) is 0 Å². The fourth-order valence-electron chi connectivity index (χ4n) is 2.58. The highest BCUT2D eigenvalue weighted by molar-refractivity contribution is 6.34. The van der Waals surface area contributed by atoms with Gasteiger partial charge in [0.1, 0.15) is 11.3 Å². The number of carbonyl (C=O) groups is 1. The van der Waals surface area contributed by atoms with Crippen LogP contribution >= 0.6 is 11.6 Å². The molecule has 19 heavy (non-hydrogen) atoms. The Kier molecular flexibility index (Phi) is 3.03. The highest BCUT2D eigenvalue weighted by Gasteiger charge is 2.32. The molecule has 4 nitrogen and oxygen atoms in total. The Labute approximate surface area is 115 Å². The molecule has 0 saturated heterocycles. The van der Waals surface area contributed by atoms with Gasteiger partial charge in [0.05, 0.1) is 16.5 Å². The van der Waals surface area contributed by atoms with Crippen LogP contribution in [0.1, 0.15) is 24.6 Å². The maximum atomic E-state index is 11.3. The van der Waals surface area contributed by atoms with Crippen molar-refractivity contribution in [2.45, 2.75) is 18.8 Å². The van der Waals surface area contributed by atoms with E-state index in [-0.39, 0.29) is 5.92 Å². The van der Waals surface area contributed by atoms with E-state index in [9.17, 15) is 9.90 Å². The highest BCUT2D eigenvalue weighted by atomic mass is 35.5. The average Bonchev–Trinajstić information content (AvgIpc) is 2.84. The summed E-state index contributed by atoms with van der Waals surface area (Å²) in [7, 11) is 0. The van der Waals surface area contributed by atoms with Gasteiger partial charge in [-0.1, -0.05) is 29.8 Å². The first-order valence-corrected chi connectivity index (χ1v) is 6.56. The second-order valence-corrected chi connectivity index (χ2v) is 5.16. The number of nitrogens with one attached hydrogen (secondary N) is 1. The van der Waals surface area contributed by atoms with Gasteiger partial charge >= 0.3 is 5.97 Å². The minimum atomic E-state index is -0.777. The van der Waals surface area contributed by atoms with Crippen molar-refractivity contribution < 1.29 is 9.90 Å². The van der Waals surface area contributed by atoms with Gasteiger partial charge in [-0.05, 0) is 25.0 Å². The molecule has 3 rings (SSSR count). The molecule has 0 bridgehead atoms. The molecular weight excluding hydrogens is 264 g/mol. The van der Waals surface area contributed by atoms with Crippen molar-refractivity contribution in [2.24, 2.45) is 5.92 Å². The molecule has 1 aromatic heterocycles. The number of aromatic amines is 1. The Morgan fingerprint density at radius 2 is 2.16 bits per heavy atom. The van der Waals surface area contributed by atoms with Crippen molar-refractivity contribution in [1.82, 2.24) is 9.97 Å². The second kappa shape index (κ2) is 4.70. The van der Waals surface area contributed by atoms with E-state index in [2.05, 4.69) is 9.97 Å². The second-order valence-electron chi connectivity index (χ2n) is 4.75. The maximum Gasteiger partial charge on any atom is 0.307 e. The summed E-state index contributed by atoms with van der Waals surface area (Å²) in [5.74, 6) is -0.615. The molecule has 0 amide bonds. The summed E-state index contributed by atoms with van der Waals surface area (Å²) in [5, 5.41) is 9.88. The fourth-order valence-corrected chi connectivity index (χ4v) is 2.80. The Bertz CT molecular complexity index is 663. The Hall–Kier alpha value is -1.81. The lowest BCUT2D eigenvalue weighted by Gasteiger charge is -2.23. The van der Waals surface area contributed by atoms with Crippen LogP contribution in [0.5, 0.6) is 0 Å². The van der Waals surface area contributed by atoms with Crippen LogP contribution in [0, 0.1) is 5.92 Å². The maximum absolute atomic E-state index is 11.3. The van der Waals surface area contributed by atoms with Gasteiger partial charge in [0.2, 0.25) is 0 Å². The molecule has 2 atom stereocenters. The molecular formula is C14H13ClN2O2. The van der Waals surface area contributed by atoms with E-state index in [0.717, 1.165) is 5.52 Å². The molecule has 0 aliphatic heterocycles. The zero-order valence-corrected chi connectivity index (χ0v) is 10.9. The smallest absolute Gasteiger partial charge is 0.307 e. The van der Waals surface area contributed by atoms with E-state index in [4.69, 9.17) is 11.6 Å². The number of nitrogens with zero attached hydrogens (tertiary/aromatic N) is 1. The van der Waals surface area contributed by atoms with Crippen molar-refractivity contribution in [2.75, 3.05) is 0 Å². The van der Waals surface area contributed by atoms with E-state index in [0.29, 0.717) is 29.2 Å². The molecule has 2 aromatic rings. The number of para-hydroxylation sites is 1. The molecule has 98 valence electrons. The van der Waals surface area contributed by atoms with Gasteiger partial charge in [0, 0.05) is 5.92 Å². The Morgan fingerprint density at radius 3 is 2.89 bits per heavy atom. The quantitative estimate of drug-likeness (QED) is 0.827. The molecule has 0 spiro atoms. The summed E-state index contributed by atoms with van der Waals surface area (Å²) >= 11 is 6.10. The van der Waals surface area contributed by atoms with Gasteiger partial charge in [-0.25, -0.2) is 4.98 Å². The first-order chi connectivity index (χ1) is 9.16. The predicted molar refractivity (Wildman–Crippen MR) is 73.3 cm³/mol. The lowest BCUT2D eigenvalue weighted by atomic mass is 9.82. The molecule has 0 radical (unpaired) electrons. The molecule has 2 N–H and O–H groups in total. The van der Waals surface area contributed by atoms with Gasteiger partial charge in [-0.3, -0.25) is 4.79 Å². The van der Waals surface area contributed by atoms with E-state index < -0.39 is 11.9 Å². The monoisotopic (exact) mass is 276 g/mol. The van der Waals surface area contributed by atoms with E-state index in [1.54, 1.807) is 6.07 Å². The third-order valence-electron chi connectivity index (χ3n) is 3.58. The Balaban J connectivity index is 2.05. The number of hydrogen-bond acceptors (Lipinski definition) is 2. The SMILES string of the molecule is O=C(O)[C@H]1CC=CC[C@H]1c1nc2c(Cl)cccc2[nH]1. The van der Waals surface area contributed by atoms with Crippen LogP contribution in [0.25, 0.3) is 11.0 Å². The summed E-state index contributed by atoms with van der Waals surface area (Å²) < 4.78 is 0. The zero-order valence-electron chi connectivity index (χ0n) is 10.1. The minimum Gasteiger partial charge on any atom is -0.481 e. The molecule has 1 aliphatic carbocycles. The number of allylic oxidation sites excluding steroid dienone is 2. The molecule has 1 aliphatic rings. The number of fused-ring (bicyclic) bond motifs is 1. The van der Waals surface area contributed by atoms with Crippen LogP contribution in [0.2, 0.25) is 5.02 Å². The number of H-pyrrole nitrogens is 1. The van der Waals surface area contributed by atoms with Gasteiger partial charge < -0.3 is 10.1 Å². The van der Waals surface area contributed by atoms with E-state index >= 15 is 0 Å². The van der Waals surface area contributed by atoms with Crippen molar-refractivity contribution in [3.8, 4) is 0 Å². The molecule has 0 saturated carbocycles. The zero-order chi connectivity index (χ0) is 13.4. The fraction of sp³-hybridized carbons (Fsp3) is 0.286. The number of carboxylic acids is 1. The molecule has 1 aromatic carbocycles. The molecule has 0 fully saturated rings. The van der Waals surface area contributed by atoms with Crippen LogP contribution < -0.4 is 0 Å². The van der Waals surface area contributed by atoms with Crippen molar-refractivity contribution in [3.05, 3.63) is 41.2 Å². The standard InChI is InChI=1S/C14H13ClN2O2/c15-10-6-3-7-11-12(10)17-13(16-11)8-4-1-2-5-9(8)14(18)19/h1-3,6-9H,4-5H2,(H,16,17)(H,18,19)/t8-,9+/m1/s1. The molecule has 0 unspecified atom stereocenters. The normalized spacial score (nSPS) is 22.8. The number of imidazole rings is 1. The van der Waals surface area contributed by atoms with Crippen LogP contribution in [0.3, 0.4) is 0 Å². The number of hydrogen-bond donors (Lipinski definition) is 2. The third kappa shape index (κ3) is 2.12. The highest BCUT2D eigenvalue weighted by Crippen LogP contribution is 2.35. The summed E-state index contributed by atoms with van der Waals surface area (Å²) in [6.07, 6.45) is 5.17. The third-order valence-corrected chi connectivity index (χ3v) is 3.89. The van der Waals surface area contributed by atoms with Crippen LogP contribution in [-0.4, -0.2) is 21.0 Å². The summed E-state index contributed by atoms with van der Waals surface area (Å²) in [5.41, 5.74) is 1.55. The lowest BCUT2D eigenvalue weighted by Crippen LogP contribution is -2.24. The van der Waals surface area contributed by atoms with Crippen molar-refractivity contribution >= 4 is 28.6 Å². The van der Waals surface area contributed by atoms with Gasteiger partial charge in [-0.15, -0.1) is 0 Å². The number of benzene rings is 1.